The van der Waals surface area contributed by atoms with E-state index >= 15 is 0 Å². The van der Waals surface area contributed by atoms with E-state index in [9.17, 15) is 4.79 Å². The summed E-state index contributed by atoms with van der Waals surface area (Å²) >= 11 is 8.20. The van der Waals surface area contributed by atoms with Crippen molar-refractivity contribution < 1.29 is 9.15 Å². The van der Waals surface area contributed by atoms with Crippen molar-refractivity contribution in [3.8, 4) is 17.1 Å². The van der Waals surface area contributed by atoms with Crippen molar-refractivity contribution in [1.82, 2.24) is 9.97 Å². The van der Waals surface area contributed by atoms with Gasteiger partial charge in [0, 0.05) is 10.3 Å². The molecule has 0 unspecified atom stereocenters. The van der Waals surface area contributed by atoms with Gasteiger partial charge in [-0.05, 0) is 42.9 Å². The molecule has 4 aromatic rings. The van der Waals surface area contributed by atoms with E-state index in [0.717, 1.165) is 34.9 Å². The Labute approximate surface area is 169 Å². The van der Waals surface area contributed by atoms with Crippen molar-refractivity contribution in [2.24, 2.45) is 5.92 Å². The smallest absolute Gasteiger partial charge is 0.347 e. The molecule has 142 valence electrons. The van der Waals surface area contributed by atoms with Crippen molar-refractivity contribution in [2.75, 3.05) is 7.11 Å². The van der Waals surface area contributed by atoms with Gasteiger partial charge in [0.25, 0.3) is 0 Å². The van der Waals surface area contributed by atoms with Gasteiger partial charge in [0.15, 0.2) is 17.2 Å². The third-order valence-electron chi connectivity index (χ3n) is 5.30. The van der Waals surface area contributed by atoms with E-state index in [1.807, 2.05) is 12.1 Å². The first-order valence-electron chi connectivity index (χ1n) is 9.14. The average molecular weight is 413 g/mol. The summed E-state index contributed by atoms with van der Waals surface area (Å²) in [4.78, 5) is 23.9. The van der Waals surface area contributed by atoms with Crippen molar-refractivity contribution in [3.05, 3.63) is 50.3 Å². The number of hydrogen-bond acceptors (Lipinski definition) is 6. The molecule has 0 N–H and O–H groups in total. The monoisotopic (exact) mass is 412 g/mol. The lowest BCUT2D eigenvalue weighted by molar-refractivity contribution is 0.407. The van der Waals surface area contributed by atoms with Crippen molar-refractivity contribution in [1.29, 1.82) is 0 Å². The van der Waals surface area contributed by atoms with Gasteiger partial charge in [-0.1, -0.05) is 30.7 Å². The molecule has 28 heavy (non-hydrogen) atoms. The zero-order valence-electron chi connectivity index (χ0n) is 15.4. The maximum atomic E-state index is 12.6. The summed E-state index contributed by atoms with van der Waals surface area (Å²) in [5, 5.41) is 2.08. The molecule has 0 fully saturated rings. The number of thiophene rings is 1. The number of aromatic nitrogens is 2. The average Bonchev–Trinajstić information content (AvgIpc) is 3.04. The Hall–Kier alpha value is -2.44. The van der Waals surface area contributed by atoms with Gasteiger partial charge in [0.05, 0.1) is 12.5 Å². The van der Waals surface area contributed by atoms with Crippen LogP contribution in [0.2, 0.25) is 5.15 Å². The lowest BCUT2D eigenvalue weighted by Crippen LogP contribution is -2.09. The van der Waals surface area contributed by atoms with Crippen LogP contribution in [-0.2, 0) is 12.8 Å². The van der Waals surface area contributed by atoms with Gasteiger partial charge >= 0.3 is 5.63 Å². The molecule has 0 saturated carbocycles. The first-order chi connectivity index (χ1) is 13.5. The lowest BCUT2D eigenvalue weighted by Gasteiger charge is -2.17. The molecule has 0 bridgehead atoms. The Morgan fingerprint density at radius 1 is 1.32 bits per heavy atom. The number of aryl methyl sites for hydroxylation is 1. The molecular formula is C21H17ClN2O3S. The second kappa shape index (κ2) is 6.57. The molecule has 0 amide bonds. The molecule has 0 radical (unpaired) electrons. The summed E-state index contributed by atoms with van der Waals surface area (Å²) in [6.07, 6.45) is 3.18. The van der Waals surface area contributed by atoms with E-state index in [4.69, 9.17) is 20.8 Å². The molecule has 1 aromatic carbocycles. The van der Waals surface area contributed by atoms with Crippen LogP contribution in [0.25, 0.3) is 32.6 Å². The van der Waals surface area contributed by atoms with E-state index in [1.54, 1.807) is 30.6 Å². The van der Waals surface area contributed by atoms with Gasteiger partial charge in [-0.2, -0.15) is 0 Å². The van der Waals surface area contributed by atoms with Crippen LogP contribution in [-0.4, -0.2) is 17.1 Å². The molecule has 0 aliphatic heterocycles. The molecule has 5 nitrogen and oxygen atoms in total. The number of para-hydroxylation sites is 1. The normalized spacial score (nSPS) is 16.5. The van der Waals surface area contributed by atoms with Crippen LogP contribution in [0.15, 0.2) is 33.5 Å². The number of methoxy groups -OCH3 is 1. The minimum atomic E-state index is -0.512. The van der Waals surface area contributed by atoms with Crippen molar-refractivity contribution >= 4 is 44.1 Å². The Balaban J connectivity index is 1.71. The van der Waals surface area contributed by atoms with Crippen molar-refractivity contribution in [2.45, 2.75) is 26.2 Å². The number of rotatable bonds is 2. The van der Waals surface area contributed by atoms with Gasteiger partial charge in [0.2, 0.25) is 0 Å². The van der Waals surface area contributed by atoms with Crippen LogP contribution >= 0.6 is 22.9 Å². The molecule has 0 saturated heterocycles. The third-order valence-corrected chi connectivity index (χ3v) is 6.72. The van der Waals surface area contributed by atoms with Gasteiger partial charge < -0.3 is 9.15 Å². The van der Waals surface area contributed by atoms with Crippen LogP contribution in [0.4, 0.5) is 0 Å². The number of fused-ring (bicyclic) bond motifs is 4. The van der Waals surface area contributed by atoms with Crippen LogP contribution < -0.4 is 10.4 Å². The molecule has 1 aliphatic rings. The van der Waals surface area contributed by atoms with Gasteiger partial charge in [-0.15, -0.1) is 11.3 Å². The topological polar surface area (TPSA) is 65.2 Å². The Bertz CT molecular complexity index is 1290. The molecule has 7 heteroatoms. The molecule has 5 rings (SSSR count). The quantitative estimate of drug-likeness (QED) is 0.332. The number of halogens is 1. The standard InChI is InChI=1S/C21H17ClN2O3S/c1-10-6-7-12-15(8-10)28-20-16(12)18(22)23-19(24-20)13-9-11-4-3-5-14(26-2)17(11)27-21(13)25/h3-5,9-10H,6-8H2,1-2H3/t10-/m1/s1. The second-order valence-corrected chi connectivity index (χ2v) is 8.64. The number of nitrogens with zero attached hydrogens (tertiary/aromatic N) is 2. The minimum Gasteiger partial charge on any atom is -0.493 e. The van der Waals surface area contributed by atoms with Crippen LogP contribution in [0.1, 0.15) is 23.8 Å². The van der Waals surface area contributed by atoms with Crippen LogP contribution in [0, 0.1) is 5.92 Å². The maximum Gasteiger partial charge on any atom is 0.347 e. The molecule has 1 atom stereocenters. The summed E-state index contributed by atoms with van der Waals surface area (Å²) in [7, 11) is 1.54. The Morgan fingerprint density at radius 3 is 3.00 bits per heavy atom. The molecular weight excluding hydrogens is 396 g/mol. The Kier molecular flexibility index (Phi) is 4.14. The van der Waals surface area contributed by atoms with Crippen LogP contribution in [0.5, 0.6) is 5.75 Å². The minimum absolute atomic E-state index is 0.294. The van der Waals surface area contributed by atoms with E-state index in [1.165, 1.54) is 10.4 Å². The fraction of sp³-hybridized carbons (Fsp3) is 0.286. The van der Waals surface area contributed by atoms with Gasteiger partial charge in [-0.3, -0.25) is 0 Å². The number of hydrogen-bond donors (Lipinski definition) is 0. The molecule has 1 aliphatic carbocycles. The highest BCUT2D eigenvalue weighted by Crippen LogP contribution is 2.40. The number of benzene rings is 1. The Morgan fingerprint density at radius 2 is 2.18 bits per heavy atom. The van der Waals surface area contributed by atoms with Gasteiger partial charge in [0.1, 0.15) is 15.5 Å². The largest absolute Gasteiger partial charge is 0.493 e. The molecule has 3 aromatic heterocycles. The predicted octanol–water partition coefficient (Wildman–Crippen LogP) is 5.25. The summed E-state index contributed by atoms with van der Waals surface area (Å²) in [6, 6.07) is 7.18. The molecule has 0 spiro atoms. The van der Waals surface area contributed by atoms with E-state index < -0.39 is 5.63 Å². The highest BCUT2D eigenvalue weighted by atomic mass is 35.5. The first kappa shape index (κ1) is 17.6. The maximum absolute atomic E-state index is 12.6. The van der Waals surface area contributed by atoms with Crippen molar-refractivity contribution in [3.63, 3.8) is 0 Å². The van der Waals surface area contributed by atoms with Crippen LogP contribution in [0.3, 0.4) is 0 Å². The highest BCUT2D eigenvalue weighted by molar-refractivity contribution is 7.19. The molecule has 3 heterocycles. The second-order valence-electron chi connectivity index (χ2n) is 7.20. The summed E-state index contributed by atoms with van der Waals surface area (Å²) < 4.78 is 10.8. The third kappa shape index (κ3) is 2.71. The summed E-state index contributed by atoms with van der Waals surface area (Å²) in [5.74, 6) is 1.47. The first-order valence-corrected chi connectivity index (χ1v) is 10.3. The SMILES string of the molecule is COc1cccc2cc(-c3nc(Cl)c4c5c(sc4n3)C[C@H](C)CC5)c(=O)oc12. The summed E-state index contributed by atoms with van der Waals surface area (Å²) in [5.41, 5.74) is 1.46. The van der Waals surface area contributed by atoms with E-state index in [-0.39, 0.29) is 0 Å². The zero-order valence-corrected chi connectivity index (χ0v) is 17.0. The predicted molar refractivity (Wildman–Crippen MR) is 112 cm³/mol. The van der Waals surface area contributed by atoms with E-state index in [0.29, 0.717) is 33.8 Å². The fourth-order valence-electron chi connectivity index (χ4n) is 3.85. The highest BCUT2D eigenvalue weighted by Gasteiger charge is 2.24. The van der Waals surface area contributed by atoms with E-state index in [2.05, 4.69) is 16.9 Å². The summed E-state index contributed by atoms with van der Waals surface area (Å²) in [6.45, 7) is 2.26. The number of ether oxygens (including phenoxy) is 1. The lowest BCUT2D eigenvalue weighted by atomic mass is 9.89. The fourth-order valence-corrected chi connectivity index (χ4v) is 5.58. The zero-order chi connectivity index (χ0) is 19.4. The van der Waals surface area contributed by atoms with Gasteiger partial charge in [-0.25, -0.2) is 14.8 Å².